The Morgan fingerprint density at radius 2 is 2.17 bits per heavy atom. The van der Waals surface area contributed by atoms with E-state index in [0.717, 1.165) is 16.6 Å². The molecule has 0 aliphatic rings. The minimum atomic E-state index is 0.137. The summed E-state index contributed by atoms with van der Waals surface area (Å²) < 4.78 is 2.84. The summed E-state index contributed by atoms with van der Waals surface area (Å²) in [5.41, 5.74) is 0.137. The van der Waals surface area contributed by atoms with E-state index < -0.39 is 0 Å². The fourth-order valence-electron chi connectivity index (χ4n) is 1.23. The maximum Gasteiger partial charge on any atom is 0.268 e. The Bertz CT molecular complexity index is 455. The lowest BCUT2D eigenvalue weighted by Crippen LogP contribution is -2.10. The van der Waals surface area contributed by atoms with Crippen LogP contribution in [0.4, 0.5) is 0 Å². The van der Waals surface area contributed by atoms with Crippen molar-refractivity contribution in [1.82, 2.24) is 3.96 Å². The molecule has 0 spiro atoms. The highest BCUT2D eigenvalue weighted by Crippen LogP contribution is 2.15. The van der Waals surface area contributed by atoms with Gasteiger partial charge in [0, 0.05) is 6.54 Å². The Morgan fingerprint density at radius 1 is 1.42 bits per heavy atom. The van der Waals surface area contributed by atoms with E-state index >= 15 is 0 Å². The summed E-state index contributed by atoms with van der Waals surface area (Å²) in [6.07, 6.45) is 0. The molecule has 0 fully saturated rings. The Morgan fingerprint density at radius 3 is 2.83 bits per heavy atom. The molecule has 1 aromatic heterocycles. The van der Waals surface area contributed by atoms with E-state index in [2.05, 4.69) is 0 Å². The molecule has 0 N–H and O–H groups in total. The van der Waals surface area contributed by atoms with Gasteiger partial charge in [0.15, 0.2) is 0 Å². The Balaban J connectivity index is 2.88. The van der Waals surface area contributed by atoms with E-state index in [1.165, 1.54) is 11.5 Å². The second-order valence-electron chi connectivity index (χ2n) is 2.59. The van der Waals surface area contributed by atoms with E-state index in [1.807, 2.05) is 31.2 Å². The van der Waals surface area contributed by atoms with E-state index in [1.54, 1.807) is 3.96 Å². The third-order valence-electron chi connectivity index (χ3n) is 1.84. The molecule has 1 aromatic carbocycles. The molecule has 2 nitrogen and oxygen atoms in total. The molecule has 0 saturated carbocycles. The third kappa shape index (κ3) is 0.975. The summed E-state index contributed by atoms with van der Waals surface area (Å²) in [6, 6.07) is 7.71. The van der Waals surface area contributed by atoms with Gasteiger partial charge in [-0.2, -0.15) is 0 Å². The topological polar surface area (TPSA) is 22.0 Å². The second-order valence-corrected chi connectivity index (χ2v) is 3.65. The van der Waals surface area contributed by atoms with Crippen LogP contribution in [0.1, 0.15) is 6.92 Å². The van der Waals surface area contributed by atoms with Gasteiger partial charge in [0.1, 0.15) is 0 Å². The van der Waals surface area contributed by atoms with Gasteiger partial charge in [-0.05, 0) is 19.1 Å². The molecule has 0 radical (unpaired) electrons. The Kier molecular flexibility index (Phi) is 1.73. The monoisotopic (exact) mass is 179 g/mol. The quantitative estimate of drug-likeness (QED) is 0.657. The molecule has 3 heteroatoms. The molecule has 0 saturated heterocycles. The van der Waals surface area contributed by atoms with Gasteiger partial charge >= 0.3 is 0 Å². The first-order valence-corrected chi connectivity index (χ1v) is 4.69. The lowest BCUT2D eigenvalue weighted by molar-refractivity contribution is 0.814. The molecule has 0 unspecified atom stereocenters. The van der Waals surface area contributed by atoms with Crippen molar-refractivity contribution in [1.29, 1.82) is 0 Å². The first kappa shape index (κ1) is 7.55. The average Bonchev–Trinajstić information content (AvgIpc) is 2.44. The minimum Gasteiger partial charge on any atom is -0.268 e. The molecule has 12 heavy (non-hydrogen) atoms. The Hall–Kier alpha value is -1.09. The van der Waals surface area contributed by atoms with Crippen molar-refractivity contribution in [2.24, 2.45) is 0 Å². The zero-order valence-electron chi connectivity index (χ0n) is 6.78. The van der Waals surface area contributed by atoms with Gasteiger partial charge in [0.25, 0.3) is 5.56 Å². The molecule has 0 bridgehead atoms. The van der Waals surface area contributed by atoms with Gasteiger partial charge in [-0.3, -0.25) is 8.75 Å². The summed E-state index contributed by atoms with van der Waals surface area (Å²) in [5.74, 6) is 0. The van der Waals surface area contributed by atoms with Gasteiger partial charge in [0.2, 0.25) is 0 Å². The fourth-order valence-corrected chi connectivity index (χ4v) is 2.17. The summed E-state index contributed by atoms with van der Waals surface area (Å²) in [7, 11) is 0. The number of rotatable bonds is 1. The molecule has 0 aliphatic heterocycles. The van der Waals surface area contributed by atoms with Gasteiger partial charge < -0.3 is 0 Å². The van der Waals surface area contributed by atoms with E-state index in [9.17, 15) is 4.79 Å². The fraction of sp³-hybridized carbons (Fsp3) is 0.222. The first-order valence-electron chi connectivity index (χ1n) is 3.92. The van der Waals surface area contributed by atoms with E-state index in [-0.39, 0.29) is 5.56 Å². The minimum absolute atomic E-state index is 0.137. The van der Waals surface area contributed by atoms with Crippen LogP contribution in [0.3, 0.4) is 0 Å². The number of aryl methyl sites for hydroxylation is 1. The van der Waals surface area contributed by atoms with Crippen LogP contribution in [0.25, 0.3) is 10.1 Å². The molecule has 2 aromatic rings. The SMILES string of the molecule is CCn1sc2ccccc2c1=O. The number of aromatic nitrogens is 1. The summed E-state index contributed by atoms with van der Waals surface area (Å²) in [6.45, 7) is 2.74. The standard InChI is InChI=1S/C9H9NOS/c1-2-10-9(11)7-5-3-4-6-8(7)12-10/h3-6H,2H2,1H3. The largest absolute Gasteiger partial charge is 0.268 e. The van der Waals surface area contributed by atoms with Crippen LogP contribution in [0.5, 0.6) is 0 Å². The smallest absolute Gasteiger partial charge is 0.268 e. The van der Waals surface area contributed by atoms with Crippen molar-refractivity contribution in [2.45, 2.75) is 13.5 Å². The molecule has 62 valence electrons. The van der Waals surface area contributed by atoms with Crippen molar-refractivity contribution < 1.29 is 0 Å². The third-order valence-corrected chi connectivity index (χ3v) is 3.04. The van der Waals surface area contributed by atoms with Gasteiger partial charge in [-0.25, -0.2) is 0 Å². The molecule has 1 heterocycles. The molecule has 0 amide bonds. The zero-order chi connectivity index (χ0) is 8.55. The van der Waals surface area contributed by atoms with Crippen molar-refractivity contribution >= 4 is 21.6 Å². The van der Waals surface area contributed by atoms with Crippen molar-refractivity contribution in [3.63, 3.8) is 0 Å². The predicted octanol–water partition coefficient (Wildman–Crippen LogP) is 2.08. The van der Waals surface area contributed by atoms with Gasteiger partial charge in [-0.15, -0.1) is 0 Å². The van der Waals surface area contributed by atoms with Crippen LogP contribution in [0, 0.1) is 0 Å². The highest BCUT2D eigenvalue weighted by Gasteiger charge is 2.03. The van der Waals surface area contributed by atoms with Crippen molar-refractivity contribution in [3.8, 4) is 0 Å². The van der Waals surface area contributed by atoms with Crippen LogP contribution >= 0.6 is 11.5 Å². The highest BCUT2D eigenvalue weighted by atomic mass is 32.1. The molecular formula is C9H9NOS. The summed E-state index contributed by atoms with van der Waals surface area (Å²) in [5, 5.41) is 0.837. The zero-order valence-corrected chi connectivity index (χ0v) is 7.60. The first-order chi connectivity index (χ1) is 5.83. The van der Waals surface area contributed by atoms with Crippen molar-refractivity contribution in [2.75, 3.05) is 0 Å². The molecule has 2 rings (SSSR count). The highest BCUT2D eigenvalue weighted by molar-refractivity contribution is 7.13. The number of hydrogen-bond acceptors (Lipinski definition) is 2. The number of hydrogen-bond donors (Lipinski definition) is 0. The predicted molar refractivity (Wildman–Crippen MR) is 51.8 cm³/mol. The number of benzene rings is 1. The van der Waals surface area contributed by atoms with E-state index in [0.29, 0.717) is 0 Å². The molecule has 0 aliphatic carbocycles. The summed E-state index contributed by atoms with van der Waals surface area (Å²) in [4.78, 5) is 11.5. The normalized spacial score (nSPS) is 10.8. The molecular weight excluding hydrogens is 170 g/mol. The van der Waals surface area contributed by atoms with Crippen LogP contribution in [0.15, 0.2) is 29.1 Å². The maximum atomic E-state index is 11.5. The second kappa shape index (κ2) is 2.75. The Labute approximate surface area is 74.2 Å². The lowest BCUT2D eigenvalue weighted by Gasteiger charge is -1.87. The summed E-state index contributed by atoms with van der Waals surface area (Å²) >= 11 is 1.53. The van der Waals surface area contributed by atoms with Crippen LogP contribution in [0.2, 0.25) is 0 Å². The van der Waals surface area contributed by atoms with Gasteiger partial charge in [0.05, 0.1) is 10.1 Å². The van der Waals surface area contributed by atoms with Crippen molar-refractivity contribution in [3.05, 3.63) is 34.6 Å². The maximum absolute atomic E-state index is 11.5. The lowest BCUT2D eigenvalue weighted by atomic mass is 10.3. The number of nitrogens with zero attached hydrogens (tertiary/aromatic N) is 1. The number of fused-ring (bicyclic) bond motifs is 1. The molecule has 0 atom stereocenters. The average molecular weight is 179 g/mol. The van der Waals surface area contributed by atoms with Crippen LogP contribution in [-0.2, 0) is 6.54 Å². The van der Waals surface area contributed by atoms with E-state index in [4.69, 9.17) is 0 Å². The van der Waals surface area contributed by atoms with Crippen LogP contribution in [-0.4, -0.2) is 3.96 Å². The van der Waals surface area contributed by atoms with Crippen LogP contribution < -0.4 is 5.56 Å². The van der Waals surface area contributed by atoms with Gasteiger partial charge in [-0.1, -0.05) is 23.7 Å².